The van der Waals surface area contributed by atoms with Gasteiger partial charge in [-0.1, -0.05) is 6.92 Å². The molecule has 80 valence electrons. The lowest BCUT2D eigenvalue weighted by molar-refractivity contribution is 0.882. The van der Waals surface area contributed by atoms with Crippen LogP contribution in [0.4, 0.5) is 0 Å². The molecule has 0 saturated heterocycles. The first-order valence-electron chi connectivity index (χ1n) is 6.47. The summed E-state index contributed by atoms with van der Waals surface area (Å²) in [4.78, 5) is 0. The molecule has 0 atom stereocenters. The van der Waals surface area contributed by atoms with E-state index in [1.54, 1.807) is 33.4 Å². The Labute approximate surface area is 92.7 Å². The summed E-state index contributed by atoms with van der Waals surface area (Å²) in [6.45, 7) is 4.70. The zero-order chi connectivity index (χ0) is 10.4. The molecule has 0 radical (unpaired) electrons. The van der Waals surface area contributed by atoms with E-state index in [4.69, 9.17) is 0 Å². The van der Waals surface area contributed by atoms with E-state index >= 15 is 0 Å². The molecule has 1 aromatic rings. The molecule has 0 N–H and O–H groups in total. The smallest absolute Gasteiger partial charge is 0.0270 e. The molecular weight excluding hydrogens is 180 g/mol. The van der Waals surface area contributed by atoms with Gasteiger partial charge in [-0.25, -0.2) is 0 Å². The Balaban J connectivity index is 2.31. The minimum Gasteiger partial charge on any atom is -0.0613 e. The van der Waals surface area contributed by atoms with Crippen LogP contribution in [-0.4, -0.2) is 0 Å². The Hall–Kier alpha value is -0.780. The van der Waals surface area contributed by atoms with Crippen LogP contribution in [0.1, 0.15) is 53.1 Å². The van der Waals surface area contributed by atoms with Crippen molar-refractivity contribution in [2.45, 2.75) is 58.8 Å². The molecule has 0 spiro atoms. The molecule has 15 heavy (non-hydrogen) atoms. The van der Waals surface area contributed by atoms with Crippen molar-refractivity contribution in [3.05, 3.63) is 33.4 Å². The van der Waals surface area contributed by atoms with Crippen molar-refractivity contribution >= 4 is 0 Å². The van der Waals surface area contributed by atoms with E-state index in [1.165, 1.54) is 44.9 Å². The summed E-state index contributed by atoms with van der Waals surface area (Å²) in [7, 11) is 0. The first kappa shape index (κ1) is 9.45. The molecule has 3 rings (SSSR count). The van der Waals surface area contributed by atoms with Crippen LogP contribution < -0.4 is 0 Å². The lowest BCUT2D eigenvalue weighted by atomic mass is 9.89. The predicted molar refractivity (Wildman–Crippen MR) is 64.6 cm³/mol. The molecule has 0 heteroatoms. The number of hydrogen-bond donors (Lipinski definition) is 0. The van der Waals surface area contributed by atoms with Crippen LogP contribution in [0.2, 0.25) is 0 Å². The van der Waals surface area contributed by atoms with Crippen LogP contribution in [0.25, 0.3) is 0 Å². The van der Waals surface area contributed by atoms with Crippen LogP contribution in [0.3, 0.4) is 0 Å². The summed E-state index contributed by atoms with van der Waals surface area (Å²) in [5, 5.41) is 0. The third-order valence-corrected chi connectivity index (χ3v) is 4.42. The molecule has 0 heterocycles. The van der Waals surface area contributed by atoms with Gasteiger partial charge in [0.25, 0.3) is 0 Å². The van der Waals surface area contributed by atoms with E-state index in [9.17, 15) is 0 Å². The maximum absolute atomic E-state index is 2.37. The highest BCUT2D eigenvalue weighted by Gasteiger charge is 2.25. The van der Waals surface area contributed by atoms with Crippen LogP contribution >= 0.6 is 0 Å². The zero-order valence-corrected chi connectivity index (χ0v) is 9.95. The van der Waals surface area contributed by atoms with Crippen molar-refractivity contribution in [1.29, 1.82) is 0 Å². The van der Waals surface area contributed by atoms with Gasteiger partial charge in [0.05, 0.1) is 0 Å². The molecule has 0 amide bonds. The first-order chi connectivity index (χ1) is 7.33. The van der Waals surface area contributed by atoms with Crippen LogP contribution in [0, 0.1) is 6.92 Å². The Bertz CT molecular complexity index is 378. The second kappa shape index (κ2) is 3.37. The number of rotatable bonds is 1. The molecule has 1 aromatic carbocycles. The Morgan fingerprint density at radius 2 is 1.27 bits per heavy atom. The van der Waals surface area contributed by atoms with E-state index in [-0.39, 0.29) is 0 Å². The standard InChI is InChI=1S/C15H20/c1-3-11-14-8-4-6-12(14)10(2)13-7-5-9-15(11)13/h3-9H2,1-2H3. The van der Waals surface area contributed by atoms with Crippen molar-refractivity contribution in [3.63, 3.8) is 0 Å². The number of fused-ring (bicyclic) bond motifs is 2. The van der Waals surface area contributed by atoms with E-state index in [2.05, 4.69) is 13.8 Å². The summed E-state index contributed by atoms with van der Waals surface area (Å²) in [6, 6.07) is 0. The van der Waals surface area contributed by atoms with Crippen LogP contribution in [0.15, 0.2) is 0 Å². The maximum atomic E-state index is 2.37. The van der Waals surface area contributed by atoms with Gasteiger partial charge in [-0.15, -0.1) is 0 Å². The number of benzene rings is 1. The lowest BCUT2D eigenvalue weighted by Crippen LogP contribution is -2.03. The highest BCUT2D eigenvalue weighted by atomic mass is 14.3. The molecule has 0 fully saturated rings. The summed E-state index contributed by atoms with van der Waals surface area (Å²) >= 11 is 0. The van der Waals surface area contributed by atoms with Gasteiger partial charge < -0.3 is 0 Å². The molecular formula is C15H20. The second-order valence-corrected chi connectivity index (χ2v) is 5.08. The minimum absolute atomic E-state index is 1.25. The lowest BCUT2D eigenvalue weighted by Gasteiger charge is -2.17. The van der Waals surface area contributed by atoms with Crippen LogP contribution in [0.5, 0.6) is 0 Å². The van der Waals surface area contributed by atoms with Crippen molar-refractivity contribution < 1.29 is 0 Å². The molecule has 2 aliphatic carbocycles. The fourth-order valence-corrected chi connectivity index (χ4v) is 3.77. The van der Waals surface area contributed by atoms with E-state index in [0.717, 1.165) is 0 Å². The topological polar surface area (TPSA) is 0 Å². The van der Waals surface area contributed by atoms with Crippen LogP contribution in [-0.2, 0) is 32.1 Å². The monoisotopic (exact) mass is 200 g/mol. The largest absolute Gasteiger partial charge is 0.0613 e. The average molecular weight is 200 g/mol. The van der Waals surface area contributed by atoms with Gasteiger partial charge in [0.1, 0.15) is 0 Å². The van der Waals surface area contributed by atoms with E-state index in [1.807, 2.05) is 0 Å². The van der Waals surface area contributed by atoms with Gasteiger partial charge in [0.2, 0.25) is 0 Å². The summed E-state index contributed by atoms with van der Waals surface area (Å²) in [5.41, 5.74) is 10.3. The first-order valence-corrected chi connectivity index (χ1v) is 6.47. The van der Waals surface area contributed by atoms with Crippen molar-refractivity contribution in [3.8, 4) is 0 Å². The van der Waals surface area contributed by atoms with E-state index in [0.29, 0.717) is 0 Å². The minimum atomic E-state index is 1.25. The van der Waals surface area contributed by atoms with Crippen molar-refractivity contribution in [2.75, 3.05) is 0 Å². The fraction of sp³-hybridized carbons (Fsp3) is 0.600. The van der Waals surface area contributed by atoms with Gasteiger partial charge in [-0.05, 0) is 85.3 Å². The maximum Gasteiger partial charge on any atom is -0.0270 e. The second-order valence-electron chi connectivity index (χ2n) is 5.08. The normalized spacial score (nSPS) is 18.0. The molecule has 0 aliphatic heterocycles. The third-order valence-electron chi connectivity index (χ3n) is 4.42. The van der Waals surface area contributed by atoms with Gasteiger partial charge >= 0.3 is 0 Å². The fourth-order valence-electron chi connectivity index (χ4n) is 3.77. The highest BCUT2D eigenvalue weighted by molar-refractivity contribution is 5.55. The van der Waals surface area contributed by atoms with Crippen molar-refractivity contribution in [2.24, 2.45) is 0 Å². The average Bonchev–Trinajstić information content (AvgIpc) is 2.85. The molecule has 0 nitrogen and oxygen atoms in total. The summed E-state index contributed by atoms with van der Waals surface area (Å²) in [6.07, 6.45) is 9.45. The SMILES string of the molecule is CCc1c2c(c(C)c3c1CCC3)CCC2. The molecule has 0 unspecified atom stereocenters. The molecule has 0 bridgehead atoms. The quantitative estimate of drug-likeness (QED) is 0.650. The zero-order valence-electron chi connectivity index (χ0n) is 9.95. The molecule has 0 aromatic heterocycles. The molecule has 2 aliphatic rings. The van der Waals surface area contributed by atoms with Gasteiger partial charge in [-0.3, -0.25) is 0 Å². The van der Waals surface area contributed by atoms with Gasteiger partial charge in [0, 0.05) is 0 Å². The van der Waals surface area contributed by atoms with Gasteiger partial charge in [-0.2, -0.15) is 0 Å². The molecule has 0 saturated carbocycles. The number of hydrogen-bond acceptors (Lipinski definition) is 0. The summed E-state index contributed by atoms with van der Waals surface area (Å²) < 4.78 is 0. The van der Waals surface area contributed by atoms with Gasteiger partial charge in [0.15, 0.2) is 0 Å². The Morgan fingerprint density at radius 3 is 1.73 bits per heavy atom. The Morgan fingerprint density at radius 1 is 0.800 bits per heavy atom. The predicted octanol–water partition coefficient (Wildman–Crippen LogP) is 3.53. The third kappa shape index (κ3) is 1.20. The van der Waals surface area contributed by atoms with E-state index < -0.39 is 0 Å². The Kier molecular flexibility index (Phi) is 2.12. The highest BCUT2D eigenvalue weighted by Crippen LogP contribution is 2.38. The summed E-state index contributed by atoms with van der Waals surface area (Å²) in [5.74, 6) is 0. The van der Waals surface area contributed by atoms with Crippen molar-refractivity contribution in [1.82, 2.24) is 0 Å².